The van der Waals surface area contributed by atoms with E-state index < -0.39 is 0 Å². The first-order valence-electron chi connectivity index (χ1n) is 6.08. The maximum atomic E-state index is 3.51. The second-order valence-corrected chi connectivity index (χ2v) is 4.72. The van der Waals surface area contributed by atoms with Crippen molar-refractivity contribution in [3.63, 3.8) is 0 Å². The minimum absolute atomic E-state index is 0.829. The maximum Gasteiger partial charge on any atom is -0.00144 e. The molecule has 1 heteroatoms. The molecule has 1 saturated carbocycles. The van der Waals surface area contributed by atoms with Crippen molar-refractivity contribution < 1.29 is 0 Å². The van der Waals surface area contributed by atoms with Crippen LogP contribution in [0.4, 0.5) is 0 Å². The molecule has 2 atom stereocenters. The van der Waals surface area contributed by atoms with Crippen molar-refractivity contribution in [3.8, 4) is 0 Å². The highest BCUT2D eigenvalue weighted by Crippen LogP contribution is 2.46. The Hall–Kier alpha value is -0.820. The summed E-state index contributed by atoms with van der Waals surface area (Å²) in [6.45, 7) is 6.73. The van der Waals surface area contributed by atoms with Crippen LogP contribution >= 0.6 is 0 Å². The van der Waals surface area contributed by atoms with E-state index in [2.05, 4.69) is 43.4 Å². The second-order valence-electron chi connectivity index (χ2n) is 4.72. The van der Waals surface area contributed by atoms with E-state index in [1.54, 1.807) is 0 Å². The van der Waals surface area contributed by atoms with Crippen molar-refractivity contribution >= 4 is 0 Å². The number of hydrogen-bond donors (Lipinski definition) is 1. The van der Waals surface area contributed by atoms with Crippen molar-refractivity contribution in [2.75, 3.05) is 13.1 Å². The van der Waals surface area contributed by atoms with Crippen molar-refractivity contribution in [1.82, 2.24) is 5.32 Å². The van der Waals surface area contributed by atoms with Crippen molar-refractivity contribution in [3.05, 3.63) is 35.4 Å². The zero-order valence-electron chi connectivity index (χ0n) is 9.79. The van der Waals surface area contributed by atoms with Crippen LogP contribution in [0.3, 0.4) is 0 Å². The van der Waals surface area contributed by atoms with Crippen LogP contribution in [-0.2, 0) is 0 Å². The zero-order chi connectivity index (χ0) is 10.7. The Morgan fingerprint density at radius 1 is 1.27 bits per heavy atom. The molecule has 1 nitrogen and oxygen atoms in total. The van der Waals surface area contributed by atoms with E-state index in [1.807, 2.05) is 0 Å². The standard InChI is InChI=1S/C14H21N/c1-3-8-15-10-13-9-14(13)12-6-4-11(2)5-7-12/h4-7,13-15H,3,8-10H2,1-2H3. The highest BCUT2D eigenvalue weighted by molar-refractivity contribution is 5.29. The Labute approximate surface area is 92.9 Å². The van der Waals surface area contributed by atoms with Gasteiger partial charge in [-0.25, -0.2) is 0 Å². The number of benzene rings is 1. The number of rotatable bonds is 5. The molecule has 2 rings (SSSR count). The van der Waals surface area contributed by atoms with Crippen LogP contribution in [0.25, 0.3) is 0 Å². The first kappa shape index (κ1) is 10.7. The van der Waals surface area contributed by atoms with E-state index >= 15 is 0 Å². The molecule has 0 spiro atoms. The highest BCUT2D eigenvalue weighted by atomic mass is 14.9. The lowest BCUT2D eigenvalue weighted by Crippen LogP contribution is -2.17. The average Bonchev–Trinajstić information content (AvgIpc) is 2.99. The Morgan fingerprint density at radius 3 is 2.67 bits per heavy atom. The molecule has 82 valence electrons. The first-order valence-corrected chi connectivity index (χ1v) is 6.08. The molecule has 0 aliphatic heterocycles. The SMILES string of the molecule is CCCNCC1CC1c1ccc(C)cc1. The molecule has 0 bridgehead atoms. The Balaban J connectivity index is 1.80. The van der Waals surface area contributed by atoms with Crippen molar-refractivity contribution in [2.45, 2.75) is 32.6 Å². The van der Waals surface area contributed by atoms with Gasteiger partial charge >= 0.3 is 0 Å². The third-order valence-corrected chi connectivity index (χ3v) is 3.26. The van der Waals surface area contributed by atoms with Gasteiger partial charge < -0.3 is 5.32 Å². The summed E-state index contributed by atoms with van der Waals surface area (Å²) in [6.07, 6.45) is 2.61. The van der Waals surface area contributed by atoms with Gasteiger partial charge in [-0.05, 0) is 50.3 Å². The van der Waals surface area contributed by atoms with Crippen LogP contribution in [0.5, 0.6) is 0 Å². The largest absolute Gasteiger partial charge is 0.316 e. The minimum atomic E-state index is 0.829. The van der Waals surface area contributed by atoms with Gasteiger partial charge in [-0.15, -0.1) is 0 Å². The van der Waals surface area contributed by atoms with E-state index in [0.717, 1.165) is 18.4 Å². The van der Waals surface area contributed by atoms with E-state index in [9.17, 15) is 0 Å². The Morgan fingerprint density at radius 2 is 2.00 bits per heavy atom. The summed E-state index contributed by atoms with van der Waals surface area (Å²) < 4.78 is 0. The molecule has 15 heavy (non-hydrogen) atoms. The summed E-state index contributed by atoms with van der Waals surface area (Å²) in [5, 5.41) is 3.51. The van der Waals surface area contributed by atoms with Crippen LogP contribution in [0.1, 0.15) is 36.8 Å². The van der Waals surface area contributed by atoms with Crippen LogP contribution < -0.4 is 5.32 Å². The predicted molar refractivity (Wildman–Crippen MR) is 65.2 cm³/mol. The fraction of sp³-hybridized carbons (Fsp3) is 0.571. The predicted octanol–water partition coefficient (Wildman–Crippen LogP) is 3.10. The lowest BCUT2D eigenvalue weighted by Gasteiger charge is -2.03. The highest BCUT2D eigenvalue weighted by Gasteiger charge is 2.37. The topological polar surface area (TPSA) is 12.0 Å². The fourth-order valence-electron chi connectivity index (χ4n) is 2.16. The van der Waals surface area contributed by atoms with E-state index in [1.165, 1.54) is 30.5 Å². The number of nitrogens with one attached hydrogen (secondary N) is 1. The van der Waals surface area contributed by atoms with Gasteiger partial charge in [-0.2, -0.15) is 0 Å². The van der Waals surface area contributed by atoms with E-state index in [-0.39, 0.29) is 0 Å². The van der Waals surface area contributed by atoms with Crippen molar-refractivity contribution in [2.24, 2.45) is 5.92 Å². The molecule has 0 radical (unpaired) electrons. The van der Waals surface area contributed by atoms with Gasteiger partial charge in [0.15, 0.2) is 0 Å². The van der Waals surface area contributed by atoms with E-state index in [4.69, 9.17) is 0 Å². The normalized spacial score (nSPS) is 24.1. The summed E-state index contributed by atoms with van der Waals surface area (Å²) >= 11 is 0. The zero-order valence-corrected chi connectivity index (χ0v) is 9.79. The molecule has 0 saturated heterocycles. The number of hydrogen-bond acceptors (Lipinski definition) is 1. The first-order chi connectivity index (χ1) is 7.31. The monoisotopic (exact) mass is 203 g/mol. The third-order valence-electron chi connectivity index (χ3n) is 3.26. The summed E-state index contributed by atoms with van der Waals surface area (Å²) in [4.78, 5) is 0. The second kappa shape index (κ2) is 4.80. The minimum Gasteiger partial charge on any atom is -0.316 e. The number of aryl methyl sites for hydroxylation is 1. The van der Waals surface area contributed by atoms with Crippen LogP contribution in [-0.4, -0.2) is 13.1 Å². The molecule has 2 unspecified atom stereocenters. The molecular formula is C14H21N. The molecule has 1 N–H and O–H groups in total. The average molecular weight is 203 g/mol. The molecule has 0 aromatic heterocycles. The lowest BCUT2D eigenvalue weighted by atomic mass is 10.1. The van der Waals surface area contributed by atoms with E-state index in [0.29, 0.717) is 0 Å². The summed E-state index contributed by atoms with van der Waals surface area (Å²) in [5.41, 5.74) is 2.89. The van der Waals surface area contributed by atoms with Gasteiger partial charge in [-0.1, -0.05) is 36.8 Å². The molecule has 1 fully saturated rings. The molecule has 1 aliphatic rings. The summed E-state index contributed by atoms with van der Waals surface area (Å²) in [5.74, 6) is 1.72. The van der Waals surface area contributed by atoms with Gasteiger partial charge in [0.2, 0.25) is 0 Å². The third kappa shape index (κ3) is 2.82. The van der Waals surface area contributed by atoms with Crippen LogP contribution in [0, 0.1) is 12.8 Å². The van der Waals surface area contributed by atoms with Gasteiger partial charge in [-0.3, -0.25) is 0 Å². The lowest BCUT2D eigenvalue weighted by molar-refractivity contribution is 0.620. The quantitative estimate of drug-likeness (QED) is 0.725. The smallest absolute Gasteiger partial charge is 0.00144 e. The van der Waals surface area contributed by atoms with Crippen molar-refractivity contribution in [1.29, 1.82) is 0 Å². The maximum absolute atomic E-state index is 3.51. The van der Waals surface area contributed by atoms with Gasteiger partial charge in [0, 0.05) is 0 Å². The fourth-order valence-corrected chi connectivity index (χ4v) is 2.16. The van der Waals surface area contributed by atoms with Crippen LogP contribution in [0.2, 0.25) is 0 Å². The Bertz CT molecular complexity index is 302. The molecule has 1 aromatic carbocycles. The summed E-state index contributed by atoms with van der Waals surface area (Å²) in [6, 6.07) is 9.04. The molecule has 0 heterocycles. The van der Waals surface area contributed by atoms with Gasteiger partial charge in [0.1, 0.15) is 0 Å². The van der Waals surface area contributed by atoms with Gasteiger partial charge in [0.25, 0.3) is 0 Å². The molecular weight excluding hydrogens is 182 g/mol. The van der Waals surface area contributed by atoms with Crippen LogP contribution in [0.15, 0.2) is 24.3 Å². The Kier molecular flexibility index (Phi) is 3.42. The van der Waals surface area contributed by atoms with Gasteiger partial charge in [0.05, 0.1) is 0 Å². The molecule has 0 amide bonds. The summed E-state index contributed by atoms with van der Waals surface area (Å²) in [7, 11) is 0. The molecule has 1 aliphatic carbocycles. The molecule has 1 aromatic rings.